The maximum atomic E-state index is 13.4. The Morgan fingerprint density at radius 2 is 1.94 bits per heavy atom. The molecule has 2 aromatic heterocycles. The molecule has 1 atom stereocenters. The first-order valence-corrected chi connectivity index (χ1v) is 11.7. The quantitative estimate of drug-likeness (QED) is 0.483. The van der Waals surface area contributed by atoms with E-state index >= 15 is 0 Å². The fourth-order valence-corrected chi connectivity index (χ4v) is 6.10. The van der Waals surface area contributed by atoms with Gasteiger partial charge in [-0.15, -0.1) is 11.3 Å². The summed E-state index contributed by atoms with van der Waals surface area (Å²) in [6.07, 6.45) is 2.43. The van der Waals surface area contributed by atoms with Gasteiger partial charge in [0.1, 0.15) is 4.83 Å². The molecule has 7 nitrogen and oxygen atoms in total. The van der Waals surface area contributed by atoms with Gasteiger partial charge in [-0.25, -0.2) is 13.6 Å². The van der Waals surface area contributed by atoms with Crippen molar-refractivity contribution in [3.8, 4) is 5.69 Å². The van der Waals surface area contributed by atoms with Crippen LogP contribution in [0.4, 0.5) is 5.69 Å². The number of H-pyrrole nitrogens is 1. The van der Waals surface area contributed by atoms with Crippen LogP contribution in [-0.2, 0) is 17.4 Å². The summed E-state index contributed by atoms with van der Waals surface area (Å²) in [4.78, 5) is 40.5. The first-order valence-electron chi connectivity index (χ1n) is 9.68. The van der Waals surface area contributed by atoms with E-state index in [-0.39, 0.29) is 10.9 Å². The van der Waals surface area contributed by atoms with Crippen molar-refractivity contribution in [1.29, 1.82) is 0 Å². The Balaban J connectivity index is 1.61. The van der Waals surface area contributed by atoms with Crippen LogP contribution in [0.1, 0.15) is 22.3 Å². The van der Waals surface area contributed by atoms with Crippen molar-refractivity contribution in [3.63, 3.8) is 0 Å². The van der Waals surface area contributed by atoms with Crippen LogP contribution in [0.3, 0.4) is 0 Å². The van der Waals surface area contributed by atoms with E-state index < -0.39 is 22.2 Å². The van der Waals surface area contributed by atoms with E-state index in [2.05, 4.69) is 4.98 Å². The van der Waals surface area contributed by atoms with Gasteiger partial charge >= 0.3 is 5.69 Å². The molecule has 0 fully saturated rings. The topological polar surface area (TPSA) is 92.2 Å². The molecule has 1 aliphatic heterocycles. The molecule has 2 aromatic carbocycles. The van der Waals surface area contributed by atoms with E-state index in [0.717, 1.165) is 40.0 Å². The second-order valence-corrected chi connectivity index (χ2v) is 9.45. The molecular formula is C22H17N3O4S2. The van der Waals surface area contributed by atoms with E-state index in [0.29, 0.717) is 28.2 Å². The van der Waals surface area contributed by atoms with Crippen LogP contribution in [-0.4, -0.2) is 26.6 Å². The third-order valence-corrected chi connectivity index (χ3v) is 7.68. The summed E-state index contributed by atoms with van der Waals surface area (Å²) in [7, 11) is -1.50. The molecule has 0 amide bonds. The monoisotopic (exact) mass is 451 g/mol. The summed E-state index contributed by atoms with van der Waals surface area (Å²) >= 11 is 1.14. The highest BCUT2D eigenvalue weighted by Crippen LogP contribution is 2.30. The van der Waals surface area contributed by atoms with Crippen LogP contribution in [0.25, 0.3) is 15.9 Å². The van der Waals surface area contributed by atoms with Gasteiger partial charge in [0.2, 0.25) is 0 Å². The van der Waals surface area contributed by atoms with Crippen molar-refractivity contribution in [2.75, 3.05) is 10.8 Å². The molecule has 9 heteroatoms. The second kappa shape index (κ2) is 7.75. The van der Waals surface area contributed by atoms with Gasteiger partial charge in [-0.3, -0.25) is 18.9 Å². The summed E-state index contributed by atoms with van der Waals surface area (Å²) in [5, 5.41) is 1.72. The Bertz CT molecular complexity index is 1470. The summed E-state index contributed by atoms with van der Waals surface area (Å²) < 4.78 is 16.2. The molecule has 0 saturated heterocycles. The van der Waals surface area contributed by atoms with Crippen LogP contribution >= 0.6 is 11.3 Å². The molecule has 1 N–H and O–H groups in total. The molecule has 3 heterocycles. The number of fused-ring (bicyclic) bond motifs is 2. The summed E-state index contributed by atoms with van der Waals surface area (Å²) in [5.41, 5.74) is 1.43. The highest BCUT2D eigenvalue weighted by atomic mass is 32.2. The number of carbonyl (C=O) groups excluding carboxylic acids is 1. The standard InChI is InChI=1S/C22H17N3O4S2/c26-12-15-13-30-20-19(15)21(27)25(22(28)23-20)16-7-3-8-17(11-16)31(29)24-10-4-6-14-5-1-2-9-18(14)24/h1-3,5,7-9,11-13H,4,6,10H2,(H,23,28). The minimum absolute atomic E-state index is 0.177. The van der Waals surface area contributed by atoms with Gasteiger partial charge in [0.05, 0.1) is 21.7 Å². The molecular weight excluding hydrogens is 434 g/mol. The van der Waals surface area contributed by atoms with Crippen molar-refractivity contribution in [2.45, 2.75) is 17.7 Å². The van der Waals surface area contributed by atoms with Gasteiger partial charge < -0.3 is 0 Å². The van der Waals surface area contributed by atoms with Crippen molar-refractivity contribution in [3.05, 3.63) is 85.9 Å². The number of anilines is 1. The van der Waals surface area contributed by atoms with Crippen molar-refractivity contribution >= 4 is 44.5 Å². The Hall–Kier alpha value is -3.30. The number of rotatable bonds is 4. The van der Waals surface area contributed by atoms with E-state index in [9.17, 15) is 18.6 Å². The molecule has 156 valence electrons. The number of nitrogens with zero attached hydrogens (tertiary/aromatic N) is 2. The number of thiophene rings is 1. The Kier molecular flexibility index (Phi) is 4.91. The predicted octanol–water partition coefficient (Wildman–Crippen LogP) is 3.03. The summed E-state index contributed by atoms with van der Waals surface area (Å²) in [5.74, 6) is 0. The number of hydrogen-bond donors (Lipinski definition) is 1. The zero-order valence-corrected chi connectivity index (χ0v) is 17.9. The highest BCUT2D eigenvalue weighted by molar-refractivity contribution is 7.86. The Labute approximate surface area is 183 Å². The number of para-hydroxylation sites is 1. The van der Waals surface area contributed by atoms with E-state index in [1.807, 2.05) is 28.6 Å². The second-order valence-electron chi connectivity index (χ2n) is 7.16. The van der Waals surface area contributed by atoms with Crippen LogP contribution in [0.2, 0.25) is 0 Å². The van der Waals surface area contributed by atoms with Gasteiger partial charge in [0.25, 0.3) is 5.56 Å². The fourth-order valence-electron chi connectivity index (χ4n) is 3.89. The summed E-state index contributed by atoms with van der Waals surface area (Å²) in [6.45, 7) is 0.651. The molecule has 0 bridgehead atoms. The number of aldehydes is 1. The molecule has 0 radical (unpaired) electrons. The lowest BCUT2D eigenvalue weighted by Crippen LogP contribution is -2.34. The predicted molar refractivity (Wildman–Crippen MR) is 122 cm³/mol. The minimum Gasteiger partial charge on any atom is -0.298 e. The fraction of sp³-hybridized carbons (Fsp3) is 0.136. The van der Waals surface area contributed by atoms with Gasteiger partial charge in [0, 0.05) is 17.5 Å². The smallest absolute Gasteiger partial charge is 0.298 e. The summed E-state index contributed by atoms with van der Waals surface area (Å²) in [6, 6.07) is 14.5. The third kappa shape index (κ3) is 3.26. The number of hydrogen-bond acceptors (Lipinski definition) is 5. The number of aryl methyl sites for hydroxylation is 1. The first kappa shape index (κ1) is 19.7. The molecule has 1 unspecified atom stereocenters. The molecule has 4 aromatic rings. The van der Waals surface area contributed by atoms with Crippen molar-refractivity contribution in [2.24, 2.45) is 0 Å². The van der Waals surface area contributed by atoms with Crippen molar-refractivity contribution < 1.29 is 9.00 Å². The lowest BCUT2D eigenvalue weighted by atomic mass is 10.0. The number of nitrogens with one attached hydrogen (secondary N) is 1. The Morgan fingerprint density at radius 3 is 2.77 bits per heavy atom. The normalized spacial score (nSPS) is 14.4. The van der Waals surface area contributed by atoms with Crippen LogP contribution in [0, 0.1) is 0 Å². The highest BCUT2D eigenvalue weighted by Gasteiger charge is 2.23. The van der Waals surface area contributed by atoms with Gasteiger partial charge in [-0.05, 0) is 42.7 Å². The van der Waals surface area contributed by atoms with Gasteiger partial charge in [-0.2, -0.15) is 0 Å². The van der Waals surface area contributed by atoms with Crippen LogP contribution in [0.15, 0.2) is 68.4 Å². The number of aromatic nitrogens is 2. The SMILES string of the molecule is O=Cc1csc2[nH]c(=O)n(-c3cccc(S(=O)N4CCCc5ccccc54)c3)c(=O)c12. The van der Waals surface area contributed by atoms with Crippen molar-refractivity contribution in [1.82, 2.24) is 9.55 Å². The molecule has 5 rings (SSSR count). The molecule has 31 heavy (non-hydrogen) atoms. The van der Waals surface area contributed by atoms with E-state index in [1.165, 1.54) is 0 Å². The largest absolute Gasteiger partial charge is 0.334 e. The molecule has 0 aliphatic carbocycles. The zero-order chi connectivity index (χ0) is 21.5. The average Bonchev–Trinajstić information content (AvgIpc) is 3.21. The van der Waals surface area contributed by atoms with Gasteiger partial charge in [-0.1, -0.05) is 24.3 Å². The maximum absolute atomic E-state index is 13.4. The number of benzene rings is 2. The lowest BCUT2D eigenvalue weighted by Gasteiger charge is -2.29. The zero-order valence-electron chi connectivity index (χ0n) is 16.2. The maximum Gasteiger partial charge on any atom is 0.334 e. The average molecular weight is 452 g/mol. The number of aromatic amines is 1. The van der Waals surface area contributed by atoms with Crippen LogP contribution < -0.4 is 15.6 Å². The van der Waals surface area contributed by atoms with Crippen LogP contribution in [0.5, 0.6) is 0 Å². The lowest BCUT2D eigenvalue weighted by molar-refractivity contribution is 0.112. The first-order chi connectivity index (χ1) is 15.1. The van der Waals surface area contributed by atoms with E-state index in [4.69, 9.17) is 0 Å². The molecule has 0 saturated carbocycles. The van der Waals surface area contributed by atoms with Gasteiger partial charge in [0.15, 0.2) is 17.3 Å². The minimum atomic E-state index is -1.50. The molecule has 0 spiro atoms. The van der Waals surface area contributed by atoms with E-state index in [1.54, 1.807) is 29.6 Å². The Morgan fingerprint density at radius 1 is 1.10 bits per heavy atom. The number of carbonyl (C=O) groups is 1. The third-order valence-electron chi connectivity index (χ3n) is 5.33. The molecule has 1 aliphatic rings.